The predicted molar refractivity (Wildman–Crippen MR) is 79.8 cm³/mol. The number of carbonyl (C=O) groups is 1. The highest BCUT2D eigenvalue weighted by molar-refractivity contribution is 5.92. The van der Waals surface area contributed by atoms with Crippen LogP contribution in [0.15, 0.2) is 42.6 Å². The summed E-state index contributed by atoms with van der Waals surface area (Å²) in [6, 6.07) is 10.8. The molecule has 0 spiro atoms. The maximum atomic E-state index is 11.9. The van der Waals surface area contributed by atoms with Gasteiger partial charge in [-0.1, -0.05) is 6.07 Å². The molecule has 1 N–H and O–H groups in total. The van der Waals surface area contributed by atoms with E-state index in [-0.39, 0.29) is 5.91 Å². The minimum absolute atomic E-state index is 0.183. The number of pyridine rings is 1. The third-order valence-electron chi connectivity index (χ3n) is 3.06. The minimum Gasteiger partial charge on any atom is -0.497 e. The lowest BCUT2D eigenvalue weighted by Gasteiger charge is -2.11. The second-order valence-electron chi connectivity index (χ2n) is 4.40. The van der Waals surface area contributed by atoms with Gasteiger partial charge in [0, 0.05) is 12.7 Å². The maximum Gasteiger partial charge on any atom is 0.269 e. The molecule has 0 aliphatic carbocycles. The number of nitrogens with one attached hydrogen (secondary N) is 1. The molecule has 0 bridgehead atoms. The maximum absolute atomic E-state index is 11.9. The first-order valence-electron chi connectivity index (χ1n) is 6.64. The van der Waals surface area contributed by atoms with E-state index in [9.17, 15) is 4.79 Å². The Bertz CT molecular complexity index is 600. The molecule has 0 saturated carbocycles. The van der Waals surface area contributed by atoms with Crippen molar-refractivity contribution in [3.05, 3.63) is 53.9 Å². The molecule has 0 radical (unpaired) electrons. The van der Waals surface area contributed by atoms with Gasteiger partial charge in [0.15, 0.2) is 0 Å². The molecule has 2 aromatic rings. The molecule has 0 saturated heterocycles. The van der Waals surface area contributed by atoms with E-state index < -0.39 is 0 Å². The summed E-state index contributed by atoms with van der Waals surface area (Å²) in [5, 5.41) is 2.84. The number of hydrogen-bond donors (Lipinski definition) is 1. The number of hydrogen-bond acceptors (Lipinski definition) is 4. The summed E-state index contributed by atoms with van der Waals surface area (Å²) in [4.78, 5) is 15.9. The second kappa shape index (κ2) is 7.28. The molecular formula is C16H18N2O3. The molecule has 110 valence electrons. The lowest BCUT2D eigenvalue weighted by Crippen LogP contribution is -2.26. The summed E-state index contributed by atoms with van der Waals surface area (Å²) < 4.78 is 10.5. The lowest BCUT2D eigenvalue weighted by atomic mass is 10.1. The molecule has 1 aromatic heterocycles. The van der Waals surface area contributed by atoms with E-state index >= 15 is 0 Å². The minimum atomic E-state index is -0.183. The Kier molecular flexibility index (Phi) is 5.15. The van der Waals surface area contributed by atoms with Crippen LogP contribution in [-0.4, -0.2) is 31.7 Å². The molecule has 21 heavy (non-hydrogen) atoms. The van der Waals surface area contributed by atoms with Crippen molar-refractivity contribution in [2.24, 2.45) is 0 Å². The Balaban J connectivity index is 1.95. The molecule has 1 heterocycles. The summed E-state index contributed by atoms with van der Waals surface area (Å²) in [5.74, 6) is 1.36. The van der Waals surface area contributed by atoms with Gasteiger partial charge in [-0.15, -0.1) is 0 Å². The Labute approximate surface area is 123 Å². The fourth-order valence-electron chi connectivity index (χ4n) is 1.98. The molecule has 0 fully saturated rings. The molecule has 1 amide bonds. The zero-order valence-electron chi connectivity index (χ0n) is 12.1. The summed E-state index contributed by atoms with van der Waals surface area (Å²) in [7, 11) is 3.24. The van der Waals surface area contributed by atoms with Crippen molar-refractivity contribution in [1.29, 1.82) is 0 Å². The van der Waals surface area contributed by atoms with E-state index in [4.69, 9.17) is 9.47 Å². The van der Waals surface area contributed by atoms with Crippen LogP contribution in [0.4, 0.5) is 0 Å². The van der Waals surface area contributed by atoms with Gasteiger partial charge in [-0.05, 0) is 42.3 Å². The van der Waals surface area contributed by atoms with Crippen molar-refractivity contribution in [3.8, 4) is 11.5 Å². The second-order valence-corrected chi connectivity index (χ2v) is 4.40. The first-order chi connectivity index (χ1) is 10.2. The van der Waals surface area contributed by atoms with Gasteiger partial charge in [-0.3, -0.25) is 9.78 Å². The van der Waals surface area contributed by atoms with Crippen LogP contribution in [0.2, 0.25) is 0 Å². The molecule has 5 heteroatoms. The van der Waals surface area contributed by atoms with Gasteiger partial charge in [0.05, 0.1) is 14.2 Å². The van der Waals surface area contributed by atoms with Gasteiger partial charge in [-0.25, -0.2) is 0 Å². The Hall–Kier alpha value is -2.56. The quantitative estimate of drug-likeness (QED) is 0.883. The molecule has 0 aliphatic heterocycles. The van der Waals surface area contributed by atoms with E-state index in [1.54, 1.807) is 38.6 Å². The van der Waals surface area contributed by atoms with Gasteiger partial charge >= 0.3 is 0 Å². The standard InChI is InChI=1S/C16H18N2O3/c1-20-13-6-7-15(21-2)12(11-13)8-10-18-16(19)14-5-3-4-9-17-14/h3-7,9,11H,8,10H2,1-2H3,(H,18,19). The van der Waals surface area contributed by atoms with Crippen molar-refractivity contribution < 1.29 is 14.3 Å². The molecule has 0 aliphatic rings. The van der Waals surface area contributed by atoms with Crippen LogP contribution in [0, 0.1) is 0 Å². The van der Waals surface area contributed by atoms with Crippen molar-refractivity contribution in [2.45, 2.75) is 6.42 Å². The number of methoxy groups -OCH3 is 2. The molecule has 1 aromatic carbocycles. The monoisotopic (exact) mass is 286 g/mol. The summed E-state index contributed by atoms with van der Waals surface area (Å²) in [6.07, 6.45) is 2.25. The number of ether oxygens (including phenoxy) is 2. The number of benzene rings is 1. The van der Waals surface area contributed by atoms with Crippen LogP contribution >= 0.6 is 0 Å². The van der Waals surface area contributed by atoms with Crippen molar-refractivity contribution >= 4 is 5.91 Å². The Morgan fingerprint density at radius 2 is 2.05 bits per heavy atom. The third-order valence-corrected chi connectivity index (χ3v) is 3.06. The van der Waals surface area contributed by atoms with E-state index in [0.717, 1.165) is 17.1 Å². The van der Waals surface area contributed by atoms with E-state index in [1.165, 1.54) is 0 Å². The average Bonchev–Trinajstić information content (AvgIpc) is 2.55. The van der Waals surface area contributed by atoms with Gasteiger partial charge in [0.25, 0.3) is 5.91 Å². The number of rotatable bonds is 6. The highest BCUT2D eigenvalue weighted by Crippen LogP contribution is 2.24. The van der Waals surface area contributed by atoms with E-state index in [1.807, 2.05) is 18.2 Å². The van der Waals surface area contributed by atoms with Crippen LogP contribution in [0.25, 0.3) is 0 Å². The van der Waals surface area contributed by atoms with Crippen LogP contribution in [0.3, 0.4) is 0 Å². The predicted octanol–water partition coefficient (Wildman–Crippen LogP) is 2.07. The van der Waals surface area contributed by atoms with Gasteiger partial charge in [0.1, 0.15) is 17.2 Å². The highest BCUT2D eigenvalue weighted by atomic mass is 16.5. The number of nitrogens with zero attached hydrogens (tertiary/aromatic N) is 1. The van der Waals surface area contributed by atoms with Crippen LogP contribution in [0.1, 0.15) is 16.1 Å². The number of amides is 1. The van der Waals surface area contributed by atoms with Crippen molar-refractivity contribution in [2.75, 3.05) is 20.8 Å². The lowest BCUT2D eigenvalue weighted by molar-refractivity contribution is 0.0949. The normalized spacial score (nSPS) is 10.0. The van der Waals surface area contributed by atoms with Crippen molar-refractivity contribution in [3.63, 3.8) is 0 Å². The first kappa shape index (κ1) is 14.8. The summed E-state index contributed by atoms with van der Waals surface area (Å²) >= 11 is 0. The SMILES string of the molecule is COc1ccc(OC)c(CCNC(=O)c2ccccn2)c1. The molecule has 0 atom stereocenters. The summed E-state index contributed by atoms with van der Waals surface area (Å²) in [6.45, 7) is 0.499. The Morgan fingerprint density at radius 1 is 1.19 bits per heavy atom. The topological polar surface area (TPSA) is 60.5 Å². The van der Waals surface area contributed by atoms with Crippen LogP contribution in [0.5, 0.6) is 11.5 Å². The van der Waals surface area contributed by atoms with E-state index in [0.29, 0.717) is 18.7 Å². The molecule has 5 nitrogen and oxygen atoms in total. The Morgan fingerprint density at radius 3 is 2.71 bits per heavy atom. The zero-order chi connectivity index (χ0) is 15.1. The van der Waals surface area contributed by atoms with Crippen LogP contribution in [-0.2, 0) is 6.42 Å². The molecule has 2 rings (SSSR count). The van der Waals surface area contributed by atoms with Gasteiger partial charge in [0.2, 0.25) is 0 Å². The van der Waals surface area contributed by atoms with Crippen LogP contribution < -0.4 is 14.8 Å². The van der Waals surface area contributed by atoms with Crippen molar-refractivity contribution in [1.82, 2.24) is 10.3 Å². The largest absolute Gasteiger partial charge is 0.497 e. The fraction of sp³-hybridized carbons (Fsp3) is 0.250. The van der Waals surface area contributed by atoms with Gasteiger partial charge in [-0.2, -0.15) is 0 Å². The van der Waals surface area contributed by atoms with Gasteiger partial charge < -0.3 is 14.8 Å². The fourth-order valence-corrected chi connectivity index (χ4v) is 1.98. The smallest absolute Gasteiger partial charge is 0.269 e. The average molecular weight is 286 g/mol. The third kappa shape index (κ3) is 3.95. The number of aromatic nitrogens is 1. The molecular weight excluding hydrogens is 268 g/mol. The van der Waals surface area contributed by atoms with E-state index in [2.05, 4.69) is 10.3 Å². The highest BCUT2D eigenvalue weighted by Gasteiger charge is 2.08. The summed E-state index contributed by atoms with van der Waals surface area (Å²) in [5.41, 5.74) is 1.40. The first-order valence-corrected chi connectivity index (χ1v) is 6.64. The number of carbonyl (C=O) groups excluding carboxylic acids is 1. The zero-order valence-corrected chi connectivity index (χ0v) is 12.1. The molecule has 0 unspecified atom stereocenters.